The summed E-state index contributed by atoms with van der Waals surface area (Å²) in [6.45, 7) is 0. The molecule has 5 nitrogen and oxygen atoms in total. The average molecular weight is 591 g/mol. The maximum absolute atomic E-state index is 6.66. The van der Waals surface area contributed by atoms with Crippen molar-refractivity contribution in [2.75, 3.05) is 0 Å². The van der Waals surface area contributed by atoms with Gasteiger partial charge in [-0.15, -0.1) is 0 Å². The van der Waals surface area contributed by atoms with Gasteiger partial charge in [0.1, 0.15) is 0 Å². The van der Waals surface area contributed by atoms with Gasteiger partial charge in [-0.2, -0.15) is 0 Å². The number of aromatic nitrogens is 4. The molecule has 0 bridgehead atoms. The highest BCUT2D eigenvalue weighted by Crippen LogP contribution is 2.40. The molecule has 5 heteroatoms. The van der Waals surface area contributed by atoms with E-state index in [9.17, 15) is 0 Å². The Morgan fingerprint density at radius 2 is 0.870 bits per heavy atom. The van der Waals surface area contributed by atoms with E-state index in [1.807, 2.05) is 66.7 Å². The van der Waals surface area contributed by atoms with Gasteiger partial charge in [-0.3, -0.25) is 4.40 Å². The van der Waals surface area contributed by atoms with Crippen LogP contribution in [0.25, 0.3) is 84.1 Å². The van der Waals surface area contributed by atoms with E-state index in [0.29, 0.717) is 17.5 Å². The topological polar surface area (TPSA) is 56.2 Å². The molecule has 0 radical (unpaired) electrons. The van der Waals surface area contributed by atoms with Crippen molar-refractivity contribution < 1.29 is 4.42 Å². The summed E-state index contributed by atoms with van der Waals surface area (Å²) in [4.78, 5) is 14.7. The van der Waals surface area contributed by atoms with Gasteiger partial charge < -0.3 is 4.42 Å². The first-order chi connectivity index (χ1) is 22.8. The maximum Gasteiger partial charge on any atom is 0.213 e. The highest BCUT2D eigenvalue weighted by molar-refractivity contribution is 6.07. The third kappa shape index (κ3) is 4.37. The normalized spacial score (nSPS) is 11.5. The lowest BCUT2D eigenvalue weighted by atomic mass is 10.0. The Bertz CT molecular complexity index is 2440. The summed E-state index contributed by atoms with van der Waals surface area (Å²) in [5.41, 5.74) is 11.1. The number of nitrogens with zero attached hydrogens (tertiary/aromatic N) is 4. The molecule has 0 aliphatic rings. The van der Waals surface area contributed by atoms with Crippen LogP contribution in [0, 0.1) is 0 Å². The first-order valence-electron chi connectivity index (χ1n) is 15.3. The predicted molar refractivity (Wildman–Crippen MR) is 185 cm³/mol. The molecule has 46 heavy (non-hydrogen) atoms. The first-order valence-corrected chi connectivity index (χ1v) is 15.3. The lowest BCUT2D eigenvalue weighted by Gasteiger charge is -2.09. The number of hydrogen-bond acceptors (Lipinski definition) is 4. The van der Waals surface area contributed by atoms with E-state index < -0.39 is 0 Å². The van der Waals surface area contributed by atoms with Gasteiger partial charge in [0.25, 0.3) is 0 Å². The van der Waals surface area contributed by atoms with E-state index in [-0.39, 0.29) is 0 Å². The van der Waals surface area contributed by atoms with Gasteiger partial charge in [-0.1, -0.05) is 140 Å². The van der Waals surface area contributed by atoms with Crippen molar-refractivity contribution in [1.82, 2.24) is 19.4 Å². The van der Waals surface area contributed by atoms with Crippen LogP contribution in [-0.2, 0) is 0 Å². The molecule has 6 aromatic carbocycles. The van der Waals surface area contributed by atoms with E-state index in [0.717, 1.165) is 66.7 Å². The number of hydrogen-bond donors (Lipinski definition) is 0. The van der Waals surface area contributed by atoms with Gasteiger partial charge in [0.05, 0.1) is 16.6 Å². The zero-order valence-electron chi connectivity index (χ0n) is 24.7. The molecule has 9 rings (SSSR count). The molecule has 216 valence electrons. The Morgan fingerprint density at radius 1 is 0.391 bits per heavy atom. The highest BCUT2D eigenvalue weighted by Gasteiger charge is 2.20. The first kappa shape index (κ1) is 26.1. The second-order valence-electron chi connectivity index (χ2n) is 11.3. The van der Waals surface area contributed by atoms with Crippen LogP contribution in [0.1, 0.15) is 0 Å². The lowest BCUT2D eigenvalue weighted by Crippen LogP contribution is -2.00. The van der Waals surface area contributed by atoms with E-state index in [1.54, 1.807) is 0 Å². The average Bonchev–Trinajstić information content (AvgIpc) is 3.67. The Balaban J connectivity index is 1.18. The van der Waals surface area contributed by atoms with Gasteiger partial charge in [-0.25, -0.2) is 15.0 Å². The van der Waals surface area contributed by atoms with Crippen LogP contribution in [0.4, 0.5) is 0 Å². The van der Waals surface area contributed by atoms with Crippen LogP contribution in [-0.4, -0.2) is 19.4 Å². The van der Waals surface area contributed by atoms with Crippen molar-refractivity contribution in [2.45, 2.75) is 0 Å². The van der Waals surface area contributed by atoms with Crippen molar-refractivity contribution in [3.8, 4) is 56.4 Å². The summed E-state index contributed by atoms with van der Waals surface area (Å²) in [5, 5.41) is 1.14. The molecular weight excluding hydrogens is 564 g/mol. The number of fused-ring (bicyclic) bond motifs is 5. The molecule has 0 atom stereocenters. The zero-order valence-corrected chi connectivity index (χ0v) is 24.7. The molecule has 0 N–H and O–H groups in total. The van der Waals surface area contributed by atoms with Gasteiger partial charge >= 0.3 is 0 Å². The van der Waals surface area contributed by atoms with Crippen LogP contribution in [0.5, 0.6) is 0 Å². The molecule has 0 saturated carbocycles. The molecule has 0 unspecified atom stereocenters. The molecular formula is C41H26N4O. The van der Waals surface area contributed by atoms with Crippen molar-refractivity contribution in [3.63, 3.8) is 0 Å². The molecule has 0 spiro atoms. The number of para-hydroxylation sites is 1. The summed E-state index contributed by atoms with van der Waals surface area (Å²) >= 11 is 0. The minimum Gasteiger partial charge on any atom is -0.438 e. The molecule has 0 aliphatic heterocycles. The van der Waals surface area contributed by atoms with Gasteiger partial charge in [0, 0.05) is 22.1 Å². The second kappa shape index (κ2) is 10.7. The van der Waals surface area contributed by atoms with Crippen LogP contribution >= 0.6 is 0 Å². The van der Waals surface area contributed by atoms with Crippen LogP contribution in [0.15, 0.2) is 162 Å². The van der Waals surface area contributed by atoms with E-state index in [2.05, 4.69) is 95.4 Å². The van der Waals surface area contributed by atoms with Crippen molar-refractivity contribution in [1.29, 1.82) is 0 Å². The highest BCUT2D eigenvalue weighted by atomic mass is 16.3. The van der Waals surface area contributed by atoms with Crippen LogP contribution < -0.4 is 0 Å². The second-order valence-corrected chi connectivity index (χ2v) is 11.3. The molecule has 0 saturated heterocycles. The van der Waals surface area contributed by atoms with Gasteiger partial charge in [-0.05, 0) is 34.9 Å². The van der Waals surface area contributed by atoms with Gasteiger partial charge in [0.15, 0.2) is 23.1 Å². The number of benzene rings is 6. The fourth-order valence-corrected chi connectivity index (χ4v) is 6.25. The van der Waals surface area contributed by atoms with Crippen molar-refractivity contribution in [2.24, 2.45) is 0 Å². The minimum absolute atomic E-state index is 0.628. The standard InChI is InChI=1S/C41H26N4O/c1-4-12-27(13-5-1)32-24-25-35-36(26-32)46-41-37(33-18-10-11-19-34(33)45(35)41)28-20-22-31(23-21-28)40-43-38(29-14-6-2-7-15-29)42-39(44-40)30-16-8-3-9-17-30/h1-26H. The molecule has 0 amide bonds. The maximum atomic E-state index is 6.66. The fourth-order valence-electron chi connectivity index (χ4n) is 6.25. The summed E-state index contributed by atoms with van der Waals surface area (Å²) in [6, 6.07) is 53.9. The van der Waals surface area contributed by atoms with Gasteiger partial charge in [0.2, 0.25) is 5.71 Å². The molecule has 0 aliphatic carbocycles. The Morgan fingerprint density at radius 3 is 1.48 bits per heavy atom. The van der Waals surface area contributed by atoms with Crippen LogP contribution in [0.2, 0.25) is 0 Å². The van der Waals surface area contributed by atoms with E-state index in [4.69, 9.17) is 19.4 Å². The Hall–Kier alpha value is -6.33. The number of rotatable bonds is 5. The molecule has 0 fully saturated rings. The predicted octanol–water partition coefficient (Wildman–Crippen LogP) is 10.4. The van der Waals surface area contributed by atoms with E-state index in [1.165, 1.54) is 0 Å². The largest absolute Gasteiger partial charge is 0.438 e. The smallest absolute Gasteiger partial charge is 0.213 e. The summed E-state index contributed by atoms with van der Waals surface area (Å²) < 4.78 is 8.89. The van der Waals surface area contributed by atoms with Crippen LogP contribution in [0.3, 0.4) is 0 Å². The zero-order chi connectivity index (χ0) is 30.5. The lowest BCUT2D eigenvalue weighted by molar-refractivity contribution is 0.658. The Labute approximate surface area is 265 Å². The Kier molecular flexibility index (Phi) is 6.06. The summed E-state index contributed by atoms with van der Waals surface area (Å²) in [5.74, 6) is 1.92. The fraction of sp³-hybridized carbons (Fsp3) is 0. The molecule has 9 aromatic rings. The summed E-state index contributed by atoms with van der Waals surface area (Å²) in [7, 11) is 0. The summed E-state index contributed by atoms with van der Waals surface area (Å²) in [6.07, 6.45) is 0. The minimum atomic E-state index is 0.628. The monoisotopic (exact) mass is 590 g/mol. The number of oxazole rings is 1. The SMILES string of the molecule is c1ccc(-c2ccc3c(c2)oc2c(-c4ccc(-c5nc(-c6ccccc6)nc(-c6ccccc6)n5)cc4)c4ccccc4n23)cc1. The van der Waals surface area contributed by atoms with Crippen molar-refractivity contribution in [3.05, 3.63) is 158 Å². The molecule has 3 heterocycles. The van der Waals surface area contributed by atoms with Crippen molar-refractivity contribution >= 4 is 27.7 Å². The van der Waals surface area contributed by atoms with E-state index >= 15 is 0 Å². The quantitative estimate of drug-likeness (QED) is 0.200. The third-order valence-corrected chi connectivity index (χ3v) is 8.48. The molecule has 3 aromatic heterocycles. The third-order valence-electron chi connectivity index (χ3n) is 8.48.